The number of rotatable bonds is 2. The predicted octanol–water partition coefficient (Wildman–Crippen LogP) is 2.20. The molecule has 0 spiro atoms. The molecule has 0 aromatic heterocycles. The van der Waals surface area contributed by atoms with Gasteiger partial charge in [0.15, 0.2) is 5.79 Å². The molecule has 1 aliphatic rings. The van der Waals surface area contributed by atoms with E-state index in [4.69, 9.17) is 0 Å². The monoisotopic (exact) mass is 204 g/mol. The van der Waals surface area contributed by atoms with Crippen LogP contribution in [0.1, 0.15) is 36.0 Å². The Kier molecular flexibility index (Phi) is 2.21. The molecule has 1 atom stereocenters. The van der Waals surface area contributed by atoms with Crippen LogP contribution in [0.25, 0.3) is 5.57 Å². The van der Waals surface area contributed by atoms with E-state index >= 15 is 0 Å². The van der Waals surface area contributed by atoms with E-state index in [0.717, 1.165) is 16.7 Å². The van der Waals surface area contributed by atoms with E-state index in [1.807, 2.05) is 32.0 Å². The Morgan fingerprint density at radius 1 is 1.47 bits per heavy atom. The third kappa shape index (κ3) is 1.83. The number of allylic oxidation sites excluding steroid dienone is 1. The van der Waals surface area contributed by atoms with Gasteiger partial charge in [-0.2, -0.15) is 0 Å². The smallest absolute Gasteiger partial charge is 0.170 e. The molecule has 0 amide bonds. The van der Waals surface area contributed by atoms with Crippen molar-refractivity contribution in [3.8, 4) is 0 Å². The minimum Gasteiger partial charge on any atom is -0.365 e. The van der Waals surface area contributed by atoms with Crippen molar-refractivity contribution in [3.05, 3.63) is 41.5 Å². The van der Waals surface area contributed by atoms with Crippen molar-refractivity contribution >= 4 is 5.57 Å². The first kappa shape index (κ1) is 10.4. The van der Waals surface area contributed by atoms with E-state index in [2.05, 4.69) is 6.58 Å². The lowest BCUT2D eigenvalue weighted by Gasteiger charge is -2.09. The highest BCUT2D eigenvalue weighted by Gasteiger charge is 2.52. The first-order valence-corrected chi connectivity index (χ1v) is 5.13. The summed E-state index contributed by atoms with van der Waals surface area (Å²) < 4.78 is 0. The lowest BCUT2D eigenvalue weighted by Crippen LogP contribution is -2.07. The van der Waals surface area contributed by atoms with Crippen molar-refractivity contribution in [1.82, 2.24) is 0 Å². The van der Waals surface area contributed by atoms with Crippen LogP contribution in [0.3, 0.4) is 0 Å². The molecular weight excluding hydrogens is 188 g/mol. The SMILES string of the molecule is C=C(C)c1cc([C@@H]2CC2(O)O)ccc1C. The molecule has 2 nitrogen and oxygen atoms in total. The van der Waals surface area contributed by atoms with Gasteiger partial charge < -0.3 is 10.2 Å². The lowest BCUT2D eigenvalue weighted by atomic mass is 9.98. The van der Waals surface area contributed by atoms with Gasteiger partial charge in [-0.3, -0.25) is 0 Å². The molecule has 2 rings (SSSR count). The summed E-state index contributed by atoms with van der Waals surface area (Å²) in [6, 6.07) is 5.98. The van der Waals surface area contributed by atoms with E-state index in [1.54, 1.807) is 0 Å². The molecule has 0 aliphatic heterocycles. The summed E-state index contributed by atoms with van der Waals surface area (Å²) >= 11 is 0. The average molecular weight is 204 g/mol. The van der Waals surface area contributed by atoms with Gasteiger partial charge in [0.1, 0.15) is 0 Å². The second kappa shape index (κ2) is 3.19. The van der Waals surface area contributed by atoms with Crippen LogP contribution >= 0.6 is 0 Å². The van der Waals surface area contributed by atoms with E-state index in [-0.39, 0.29) is 5.92 Å². The molecule has 1 aromatic rings. The zero-order valence-electron chi connectivity index (χ0n) is 9.12. The maximum Gasteiger partial charge on any atom is 0.170 e. The quantitative estimate of drug-likeness (QED) is 0.725. The molecule has 1 fully saturated rings. The van der Waals surface area contributed by atoms with Gasteiger partial charge in [-0.05, 0) is 30.5 Å². The van der Waals surface area contributed by atoms with Gasteiger partial charge in [0.2, 0.25) is 0 Å². The van der Waals surface area contributed by atoms with Crippen LogP contribution < -0.4 is 0 Å². The fraction of sp³-hybridized carbons (Fsp3) is 0.385. The molecule has 0 radical (unpaired) electrons. The number of hydrogen-bond donors (Lipinski definition) is 2. The van der Waals surface area contributed by atoms with Crippen LogP contribution in [0, 0.1) is 6.92 Å². The van der Waals surface area contributed by atoms with Gasteiger partial charge in [-0.15, -0.1) is 0 Å². The fourth-order valence-corrected chi connectivity index (χ4v) is 1.94. The van der Waals surface area contributed by atoms with Gasteiger partial charge in [0.25, 0.3) is 0 Å². The molecular formula is C13H16O2. The number of aryl methyl sites for hydroxylation is 1. The Morgan fingerprint density at radius 2 is 2.07 bits per heavy atom. The minimum atomic E-state index is -1.48. The minimum absolute atomic E-state index is 0.129. The van der Waals surface area contributed by atoms with Gasteiger partial charge >= 0.3 is 0 Å². The summed E-state index contributed by atoms with van der Waals surface area (Å²) in [5.74, 6) is -1.61. The van der Waals surface area contributed by atoms with Crippen molar-refractivity contribution in [2.75, 3.05) is 0 Å². The highest BCUT2D eigenvalue weighted by molar-refractivity contribution is 5.65. The highest BCUT2D eigenvalue weighted by Crippen LogP contribution is 2.49. The van der Waals surface area contributed by atoms with Gasteiger partial charge in [-0.1, -0.05) is 30.4 Å². The van der Waals surface area contributed by atoms with Crippen molar-refractivity contribution in [2.45, 2.75) is 32.0 Å². The Bertz CT molecular complexity index is 419. The summed E-state index contributed by atoms with van der Waals surface area (Å²) in [6.45, 7) is 7.91. The van der Waals surface area contributed by atoms with E-state index in [0.29, 0.717) is 6.42 Å². The zero-order chi connectivity index (χ0) is 11.2. The second-order valence-corrected chi connectivity index (χ2v) is 4.49. The number of benzene rings is 1. The van der Waals surface area contributed by atoms with Crippen LogP contribution in [-0.4, -0.2) is 16.0 Å². The molecule has 2 heteroatoms. The Balaban J connectivity index is 2.36. The molecule has 0 saturated heterocycles. The fourth-order valence-electron chi connectivity index (χ4n) is 1.94. The molecule has 0 bridgehead atoms. The van der Waals surface area contributed by atoms with Gasteiger partial charge in [0, 0.05) is 12.3 Å². The van der Waals surface area contributed by atoms with Gasteiger partial charge in [0.05, 0.1) is 0 Å². The lowest BCUT2D eigenvalue weighted by molar-refractivity contribution is -0.0734. The molecule has 0 heterocycles. The standard InChI is InChI=1S/C13H16O2/c1-8(2)11-6-10(5-4-9(11)3)12-7-13(12,14)15/h4-6,12,14-15H,1,7H2,2-3H3/t12-/m0/s1. The Hall–Kier alpha value is -1.12. The number of hydrogen-bond acceptors (Lipinski definition) is 2. The van der Waals surface area contributed by atoms with E-state index in [9.17, 15) is 10.2 Å². The predicted molar refractivity (Wildman–Crippen MR) is 60.4 cm³/mol. The third-order valence-electron chi connectivity index (χ3n) is 3.03. The van der Waals surface area contributed by atoms with Crippen LogP contribution in [0.2, 0.25) is 0 Å². The summed E-state index contributed by atoms with van der Waals surface area (Å²) in [5, 5.41) is 18.8. The van der Waals surface area contributed by atoms with E-state index in [1.165, 1.54) is 5.56 Å². The first-order chi connectivity index (χ1) is 6.92. The van der Waals surface area contributed by atoms with Crippen LogP contribution in [0.15, 0.2) is 24.8 Å². The third-order valence-corrected chi connectivity index (χ3v) is 3.03. The zero-order valence-corrected chi connectivity index (χ0v) is 9.12. The Labute approximate surface area is 89.9 Å². The maximum atomic E-state index is 9.38. The molecule has 80 valence electrons. The van der Waals surface area contributed by atoms with Crippen molar-refractivity contribution in [2.24, 2.45) is 0 Å². The van der Waals surface area contributed by atoms with Gasteiger partial charge in [-0.25, -0.2) is 0 Å². The van der Waals surface area contributed by atoms with Crippen LogP contribution in [-0.2, 0) is 0 Å². The first-order valence-electron chi connectivity index (χ1n) is 5.13. The number of aliphatic hydroxyl groups is 2. The topological polar surface area (TPSA) is 40.5 Å². The van der Waals surface area contributed by atoms with Crippen molar-refractivity contribution in [1.29, 1.82) is 0 Å². The maximum absolute atomic E-state index is 9.38. The van der Waals surface area contributed by atoms with Crippen molar-refractivity contribution < 1.29 is 10.2 Å². The van der Waals surface area contributed by atoms with Crippen LogP contribution in [0.5, 0.6) is 0 Å². The van der Waals surface area contributed by atoms with Crippen molar-refractivity contribution in [3.63, 3.8) is 0 Å². The molecule has 2 N–H and O–H groups in total. The second-order valence-electron chi connectivity index (χ2n) is 4.49. The Morgan fingerprint density at radius 3 is 2.53 bits per heavy atom. The van der Waals surface area contributed by atoms with E-state index < -0.39 is 5.79 Å². The average Bonchev–Trinajstić information content (AvgIpc) is 2.75. The molecule has 1 aromatic carbocycles. The van der Waals surface area contributed by atoms with Crippen LogP contribution in [0.4, 0.5) is 0 Å². The highest BCUT2D eigenvalue weighted by atomic mass is 16.5. The molecule has 1 saturated carbocycles. The summed E-state index contributed by atoms with van der Waals surface area (Å²) in [6.07, 6.45) is 0.436. The normalized spacial score (nSPS) is 22.5. The molecule has 15 heavy (non-hydrogen) atoms. The summed E-state index contributed by atoms with van der Waals surface area (Å²) in [4.78, 5) is 0. The molecule has 1 aliphatic carbocycles. The molecule has 0 unspecified atom stereocenters. The largest absolute Gasteiger partial charge is 0.365 e. The summed E-state index contributed by atoms with van der Waals surface area (Å²) in [7, 11) is 0. The summed E-state index contributed by atoms with van der Waals surface area (Å²) in [5.41, 5.74) is 4.28.